The van der Waals surface area contributed by atoms with Gasteiger partial charge in [-0.15, -0.1) is 0 Å². The van der Waals surface area contributed by atoms with Crippen molar-refractivity contribution in [2.75, 3.05) is 53.9 Å². The van der Waals surface area contributed by atoms with Gasteiger partial charge in [0.05, 0.1) is 37.6 Å². The highest BCUT2D eigenvalue weighted by Gasteiger charge is 2.21. The van der Waals surface area contributed by atoms with E-state index in [1.54, 1.807) is 60.7 Å². The zero-order chi connectivity index (χ0) is 28.1. The lowest BCUT2D eigenvalue weighted by Crippen LogP contribution is -2.32. The summed E-state index contributed by atoms with van der Waals surface area (Å²) in [5, 5.41) is 33.9. The molecule has 10 heteroatoms. The third-order valence-electron chi connectivity index (χ3n) is 4.44. The molecule has 2 aromatic carbocycles. The van der Waals surface area contributed by atoms with E-state index in [2.05, 4.69) is 0 Å². The highest BCUT2D eigenvalue weighted by molar-refractivity contribution is 5.89. The summed E-state index contributed by atoms with van der Waals surface area (Å²) in [6, 6.07) is 17.1. The maximum atomic E-state index is 11.9. The second-order valence-electron chi connectivity index (χ2n) is 8.43. The van der Waals surface area contributed by atoms with E-state index in [-0.39, 0.29) is 45.1 Å². The van der Waals surface area contributed by atoms with Crippen LogP contribution in [0, 0.1) is 5.41 Å². The van der Waals surface area contributed by atoms with Crippen LogP contribution in [-0.2, 0) is 18.9 Å². The summed E-state index contributed by atoms with van der Waals surface area (Å²) in [4.78, 5) is 23.7. The summed E-state index contributed by atoms with van der Waals surface area (Å²) in [5.74, 6) is -1.01. The molecule has 0 radical (unpaired) electrons. The van der Waals surface area contributed by atoms with Gasteiger partial charge in [0.1, 0.15) is 25.4 Å². The average Bonchev–Trinajstić information content (AvgIpc) is 2.93. The molecule has 0 aliphatic carbocycles. The number of rotatable bonds is 14. The van der Waals surface area contributed by atoms with Crippen LogP contribution in [-0.4, -0.2) is 98.4 Å². The predicted molar refractivity (Wildman–Crippen MR) is 137 cm³/mol. The van der Waals surface area contributed by atoms with E-state index in [0.717, 1.165) is 14.2 Å². The smallest absolute Gasteiger partial charge is 0.338 e. The Labute approximate surface area is 218 Å². The molecule has 0 aliphatic rings. The molecule has 2 atom stereocenters. The minimum Gasteiger partial charge on any atom is -0.459 e. The first-order valence-corrected chi connectivity index (χ1v) is 11.6. The van der Waals surface area contributed by atoms with Crippen molar-refractivity contribution in [2.45, 2.75) is 26.1 Å². The zero-order valence-corrected chi connectivity index (χ0v) is 21.9. The number of benzene rings is 2. The molecule has 0 heterocycles. The molecule has 2 rings (SSSR count). The van der Waals surface area contributed by atoms with Crippen LogP contribution in [0.25, 0.3) is 0 Å². The SMILES string of the molecule is CC(C)(COCC(O)COC(=O)c1ccccc1)COCC(O)COC(=O)c1ccccc1.CO.CO. The molecule has 0 spiro atoms. The quantitative estimate of drug-likeness (QED) is 0.269. The molecular formula is C27H40O10. The van der Waals surface area contributed by atoms with E-state index in [4.69, 9.17) is 29.2 Å². The molecule has 0 amide bonds. The lowest BCUT2D eigenvalue weighted by atomic mass is 9.96. The summed E-state index contributed by atoms with van der Waals surface area (Å²) < 4.78 is 21.2. The van der Waals surface area contributed by atoms with Gasteiger partial charge in [0.15, 0.2) is 0 Å². The van der Waals surface area contributed by atoms with Gasteiger partial charge < -0.3 is 39.4 Å². The number of ether oxygens (including phenoxy) is 4. The van der Waals surface area contributed by atoms with Crippen LogP contribution in [0.15, 0.2) is 60.7 Å². The summed E-state index contributed by atoms with van der Waals surface area (Å²) in [6.45, 7) is 4.07. The molecule has 208 valence electrons. The monoisotopic (exact) mass is 524 g/mol. The molecule has 0 bridgehead atoms. The van der Waals surface area contributed by atoms with Gasteiger partial charge in [-0.05, 0) is 24.3 Å². The molecule has 37 heavy (non-hydrogen) atoms. The molecule has 0 saturated carbocycles. The third kappa shape index (κ3) is 15.8. The first-order valence-electron chi connectivity index (χ1n) is 11.6. The lowest BCUT2D eigenvalue weighted by Gasteiger charge is -2.25. The molecule has 2 aromatic rings. The number of carbonyl (C=O) groups excluding carboxylic acids is 2. The van der Waals surface area contributed by atoms with Gasteiger partial charge in [-0.1, -0.05) is 50.2 Å². The van der Waals surface area contributed by atoms with Crippen molar-refractivity contribution in [1.29, 1.82) is 0 Å². The largest absolute Gasteiger partial charge is 0.459 e. The number of esters is 2. The van der Waals surface area contributed by atoms with Crippen molar-refractivity contribution in [1.82, 2.24) is 0 Å². The number of carbonyl (C=O) groups is 2. The van der Waals surface area contributed by atoms with Gasteiger partial charge in [-0.2, -0.15) is 0 Å². The second kappa shape index (κ2) is 20.2. The van der Waals surface area contributed by atoms with E-state index in [1.807, 2.05) is 13.8 Å². The van der Waals surface area contributed by atoms with Crippen molar-refractivity contribution >= 4 is 11.9 Å². The van der Waals surface area contributed by atoms with E-state index in [1.165, 1.54) is 0 Å². The molecule has 0 fully saturated rings. The van der Waals surface area contributed by atoms with Crippen LogP contribution in [0.2, 0.25) is 0 Å². The van der Waals surface area contributed by atoms with Gasteiger partial charge >= 0.3 is 11.9 Å². The highest BCUT2D eigenvalue weighted by Crippen LogP contribution is 2.16. The number of hydrogen-bond donors (Lipinski definition) is 4. The molecular weight excluding hydrogens is 484 g/mol. The van der Waals surface area contributed by atoms with Crippen LogP contribution in [0.5, 0.6) is 0 Å². The van der Waals surface area contributed by atoms with Crippen molar-refractivity contribution in [3.63, 3.8) is 0 Å². The van der Waals surface area contributed by atoms with Crippen molar-refractivity contribution in [3.8, 4) is 0 Å². The molecule has 10 nitrogen and oxygen atoms in total. The van der Waals surface area contributed by atoms with Crippen LogP contribution in [0.4, 0.5) is 0 Å². The number of aliphatic hydroxyl groups excluding tert-OH is 4. The highest BCUT2D eigenvalue weighted by atomic mass is 16.6. The van der Waals surface area contributed by atoms with Crippen molar-refractivity contribution < 1.29 is 49.0 Å². The Balaban J connectivity index is 0.00000308. The van der Waals surface area contributed by atoms with Crippen LogP contribution in [0.3, 0.4) is 0 Å². The summed E-state index contributed by atoms with van der Waals surface area (Å²) in [6.07, 6.45) is -1.90. The maximum Gasteiger partial charge on any atom is 0.338 e. The summed E-state index contributed by atoms with van der Waals surface area (Å²) in [5.41, 5.74) is 0.447. The molecule has 0 aromatic heterocycles. The molecule has 2 unspecified atom stereocenters. The Kier molecular flexibility index (Phi) is 18.7. The van der Waals surface area contributed by atoms with Gasteiger partial charge in [0.25, 0.3) is 0 Å². The van der Waals surface area contributed by atoms with E-state index in [9.17, 15) is 19.8 Å². The fourth-order valence-electron chi connectivity index (χ4n) is 2.74. The molecule has 0 aliphatic heterocycles. The van der Waals surface area contributed by atoms with Gasteiger partial charge in [-0.25, -0.2) is 9.59 Å². The van der Waals surface area contributed by atoms with Crippen molar-refractivity contribution in [2.24, 2.45) is 5.41 Å². The van der Waals surface area contributed by atoms with Gasteiger partial charge in [0, 0.05) is 19.6 Å². The Morgan fingerprint density at radius 3 is 1.30 bits per heavy atom. The number of aliphatic hydroxyl groups is 4. The van der Waals surface area contributed by atoms with Crippen LogP contribution >= 0.6 is 0 Å². The fraction of sp³-hybridized carbons (Fsp3) is 0.481. The predicted octanol–water partition coefficient (Wildman–Crippen LogP) is 1.70. The van der Waals surface area contributed by atoms with E-state index >= 15 is 0 Å². The molecule has 4 N–H and O–H groups in total. The Morgan fingerprint density at radius 1 is 0.649 bits per heavy atom. The normalized spacial score (nSPS) is 12.1. The van der Waals surface area contributed by atoms with Gasteiger partial charge in [0.2, 0.25) is 0 Å². The zero-order valence-electron chi connectivity index (χ0n) is 21.9. The van der Waals surface area contributed by atoms with E-state index < -0.39 is 24.1 Å². The second-order valence-corrected chi connectivity index (χ2v) is 8.43. The average molecular weight is 525 g/mol. The van der Waals surface area contributed by atoms with Crippen LogP contribution in [0.1, 0.15) is 34.6 Å². The minimum absolute atomic E-state index is 0.00353. The van der Waals surface area contributed by atoms with E-state index in [0.29, 0.717) is 11.1 Å². The standard InChI is InChI=1S/C25H32O8.2CH4O/c1-25(2,17-30-13-21(26)15-32-23(28)19-9-5-3-6-10-19)18-31-14-22(27)16-33-24(29)20-11-7-4-8-12-20;2*1-2/h3-12,21-22,26-27H,13-18H2,1-2H3;2*2H,1H3. The fourth-order valence-corrected chi connectivity index (χ4v) is 2.74. The van der Waals surface area contributed by atoms with Gasteiger partial charge in [-0.3, -0.25) is 0 Å². The molecule has 0 saturated heterocycles. The maximum absolute atomic E-state index is 11.9. The lowest BCUT2D eigenvalue weighted by molar-refractivity contribution is -0.0614. The first-order chi connectivity index (χ1) is 17.8. The Hall–Kier alpha value is -2.86. The van der Waals surface area contributed by atoms with Crippen LogP contribution < -0.4 is 0 Å². The summed E-state index contributed by atoms with van der Waals surface area (Å²) in [7, 11) is 2.00. The third-order valence-corrected chi connectivity index (χ3v) is 4.44. The first kappa shape index (κ1) is 34.1. The number of hydrogen-bond acceptors (Lipinski definition) is 10. The Morgan fingerprint density at radius 2 is 0.973 bits per heavy atom. The van der Waals surface area contributed by atoms with Crippen molar-refractivity contribution in [3.05, 3.63) is 71.8 Å². The Bertz CT molecular complexity index is 773. The topological polar surface area (TPSA) is 152 Å². The minimum atomic E-state index is -0.949. The summed E-state index contributed by atoms with van der Waals surface area (Å²) >= 11 is 0.